The molecule has 0 amide bonds. The predicted octanol–water partition coefficient (Wildman–Crippen LogP) is 1.60. The van der Waals surface area contributed by atoms with Gasteiger partial charge in [-0.05, 0) is 31.0 Å². The van der Waals surface area contributed by atoms with E-state index in [9.17, 15) is 4.39 Å². The smallest absolute Gasteiger partial charge is 0.126 e. The average Bonchev–Trinajstić information content (AvgIpc) is 2.19. The van der Waals surface area contributed by atoms with Gasteiger partial charge in [0, 0.05) is 12.6 Å². The summed E-state index contributed by atoms with van der Waals surface area (Å²) in [5.74, 6) is -0.180. The molecule has 0 heterocycles. The van der Waals surface area contributed by atoms with Crippen molar-refractivity contribution in [3.63, 3.8) is 0 Å². The van der Waals surface area contributed by atoms with Gasteiger partial charge in [-0.2, -0.15) is 0 Å². The van der Waals surface area contributed by atoms with E-state index in [1.807, 2.05) is 13.0 Å². The lowest BCUT2D eigenvalue weighted by molar-refractivity contribution is 0.251. The predicted molar refractivity (Wildman–Crippen MR) is 54.5 cm³/mol. The first-order valence-corrected chi connectivity index (χ1v) is 4.72. The van der Waals surface area contributed by atoms with Crippen LogP contribution in [0.5, 0.6) is 0 Å². The van der Waals surface area contributed by atoms with Gasteiger partial charge in [-0.25, -0.2) is 4.39 Å². The molecule has 0 fully saturated rings. The Balaban J connectivity index is 2.55. The number of nitrogens with one attached hydrogen (secondary N) is 1. The third-order valence-electron chi connectivity index (χ3n) is 2.16. The van der Waals surface area contributed by atoms with Crippen molar-refractivity contribution in [2.45, 2.75) is 26.4 Å². The molecule has 0 bridgehead atoms. The van der Waals surface area contributed by atoms with Crippen molar-refractivity contribution in [2.75, 3.05) is 6.61 Å². The van der Waals surface area contributed by atoms with Gasteiger partial charge in [0.05, 0.1) is 6.61 Å². The largest absolute Gasteiger partial charge is 0.395 e. The van der Waals surface area contributed by atoms with Gasteiger partial charge in [0.25, 0.3) is 0 Å². The standard InChI is InChI=1S/C11H16FNO/c1-8-3-4-10(5-11(8)12)6-13-9(2)7-14/h3-5,9,13-14H,6-7H2,1-2H3. The zero-order chi connectivity index (χ0) is 10.6. The minimum Gasteiger partial charge on any atom is -0.395 e. The van der Waals surface area contributed by atoms with Crippen molar-refractivity contribution in [2.24, 2.45) is 0 Å². The minimum atomic E-state index is -0.180. The van der Waals surface area contributed by atoms with Crippen molar-refractivity contribution < 1.29 is 9.50 Å². The Kier molecular flexibility index (Phi) is 4.04. The normalized spacial score (nSPS) is 12.9. The Morgan fingerprint density at radius 2 is 2.21 bits per heavy atom. The first-order valence-electron chi connectivity index (χ1n) is 4.72. The molecule has 0 saturated heterocycles. The maximum absolute atomic E-state index is 13.1. The van der Waals surface area contributed by atoms with Crippen LogP contribution in [-0.2, 0) is 6.54 Å². The summed E-state index contributed by atoms with van der Waals surface area (Å²) in [6, 6.07) is 5.21. The van der Waals surface area contributed by atoms with Crippen molar-refractivity contribution in [1.82, 2.24) is 5.32 Å². The van der Waals surface area contributed by atoms with E-state index in [1.54, 1.807) is 13.0 Å². The topological polar surface area (TPSA) is 32.3 Å². The molecule has 0 saturated carbocycles. The van der Waals surface area contributed by atoms with Crippen molar-refractivity contribution >= 4 is 0 Å². The molecule has 1 aromatic rings. The van der Waals surface area contributed by atoms with E-state index in [2.05, 4.69) is 5.32 Å². The average molecular weight is 197 g/mol. The lowest BCUT2D eigenvalue weighted by atomic mass is 10.1. The number of hydrogen-bond acceptors (Lipinski definition) is 2. The highest BCUT2D eigenvalue weighted by molar-refractivity contribution is 5.23. The molecule has 1 atom stereocenters. The Labute approximate surface area is 83.8 Å². The van der Waals surface area contributed by atoms with Gasteiger partial charge in [0.15, 0.2) is 0 Å². The van der Waals surface area contributed by atoms with Gasteiger partial charge >= 0.3 is 0 Å². The van der Waals surface area contributed by atoms with Crippen LogP contribution in [0.1, 0.15) is 18.1 Å². The summed E-state index contributed by atoms with van der Waals surface area (Å²) < 4.78 is 13.1. The van der Waals surface area contributed by atoms with E-state index < -0.39 is 0 Å². The molecule has 1 aromatic carbocycles. The van der Waals surface area contributed by atoms with Crippen LogP contribution in [0.4, 0.5) is 4.39 Å². The fraction of sp³-hybridized carbons (Fsp3) is 0.455. The number of hydrogen-bond donors (Lipinski definition) is 2. The first kappa shape index (κ1) is 11.1. The number of aliphatic hydroxyl groups excluding tert-OH is 1. The van der Waals surface area contributed by atoms with Crippen LogP contribution in [0.25, 0.3) is 0 Å². The second-order valence-corrected chi connectivity index (χ2v) is 3.55. The maximum atomic E-state index is 13.1. The van der Waals surface area contributed by atoms with Crippen LogP contribution in [0, 0.1) is 12.7 Å². The second-order valence-electron chi connectivity index (χ2n) is 3.55. The summed E-state index contributed by atoms with van der Waals surface area (Å²) in [4.78, 5) is 0. The molecular formula is C11H16FNO. The SMILES string of the molecule is Cc1ccc(CNC(C)CO)cc1F. The van der Waals surface area contributed by atoms with Crippen LogP contribution in [0.15, 0.2) is 18.2 Å². The van der Waals surface area contributed by atoms with E-state index in [4.69, 9.17) is 5.11 Å². The number of benzene rings is 1. The third kappa shape index (κ3) is 3.09. The molecule has 14 heavy (non-hydrogen) atoms. The molecule has 2 nitrogen and oxygen atoms in total. The van der Waals surface area contributed by atoms with E-state index in [0.29, 0.717) is 12.1 Å². The highest BCUT2D eigenvalue weighted by Gasteiger charge is 2.01. The molecule has 0 aliphatic carbocycles. The number of aliphatic hydroxyl groups is 1. The van der Waals surface area contributed by atoms with Crippen LogP contribution in [0.2, 0.25) is 0 Å². The molecule has 1 unspecified atom stereocenters. The Morgan fingerprint density at radius 1 is 1.50 bits per heavy atom. The van der Waals surface area contributed by atoms with E-state index in [0.717, 1.165) is 5.56 Å². The highest BCUT2D eigenvalue weighted by Crippen LogP contribution is 2.08. The zero-order valence-electron chi connectivity index (χ0n) is 8.55. The lowest BCUT2D eigenvalue weighted by Crippen LogP contribution is -2.28. The fourth-order valence-corrected chi connectivity index (χ4v) is 1.10. The molecular weight excluding hydrogens is 181 g/mol. The highest BCUT2D eigenvalue weighted by atomic mass is 19.1. The van der Waals surface area contributed by atoms with Crippen LogP contribution in [0.3, 0.4) is 0 Å². The molecule has 0 radical (unpaired) electrons. The summed E-state index contributed by atoms with van der Waals surface area (Å²) in [6.45, 7) is 4.29. The summed E-state index contributed by atoms with van der Waals surface area (Å²) in [5.41, 5.74) is 1.55. The van der Waals surface area contributed by atoms with Gasteiger partial charge in [-0.15, -0.1) is 0 Å². The van der Waals surface area contributed by atoms with Crippen LogP contribution < -0.4 is 5.32 Å². The van der Waals surface area contributed by atoms with Crippen molar-refractivity contribution in [3.05, 3.63) is 35.1 Å². The van der Waals surface area contributed by atoms with Crippen molar-refractivity contribution in [3.8, 4) is 0 Å². The van der Waals surface area contributed by atoms with Crippen LogP contribution >= 0.6 is 0 Å². The molecule has 3 heteroatoms. The summed E-state index contributed by atoms with van der Waals surface area (Å²) in [6.07, 6.45) is 0. The Morgan fingerprint density at radius 3 is 2.79 bits per heavy atom. The monoisotopic (exact) mass is 197 g/mol. The van der Waals surface area contributed by atoms with Crippen LogP contribution in [-0.4, -0.2) is 17.8 Å². The van der Waals surface area contributed by atoms with Gasteiger partial charge in [-0.3, -0.25) is 0 Å². The zero-order valence-corrected chi connectivity index (χ0v) is 8.55. The lowest BCUT2D eigenvalue weighted by Gasteiger charge is -2.10. The number of halogens is 1. The van der Waals surface area contributed by atoms with E-state index in [-0.39, 0.29) is 18.5 Å². The van der Waals surface area contributed by atoms with E-state index >= 15 is 0 Å². The quantitative estimate of drug-likeness (QED) is 0.768. The third-order valence-corrected chi connectivity index (χ3v) is 2.16. The Hall–Kier alpha value is -0.930. The first-order chi connectivity index (χ1) is 6.63. The van der Waals surface area contributed by atoms with Gasteiger partial charge < -0.3 is 10.4 Å². The molecule has 78 valence electrons. The molecule has 0 aliphatic rings. The minimum absolute atomic E-state index is 0.0411. The molecule has 0 aliphatic heterocycles. The number of rotatable bonds is 4. The van der Waals surface area contributed by atoms with Gasteiger partial charge in [-0.1, -0.05) is 12.1 Å². The van der Waals surface area contributed by atoms with Gasteiger partial charge in [0.2, 0.25) is 0 Å². The van der Waals surface area contributed by atoms with Crippen molar-refractivity contribution in [1.29, 1.82) is 0 Å². The van der Waals surface area contributed by atoms with E-state index in [1.165, 1.54) is 6.07 Å². The molecule has 2 N–H and O–H groups in total. The summed E-state index contributed by atoms with van der Waals surface area (Å²) >= 11 is 0. The fourth-order valence-electron chi connectivity index (χ4n) is 1.10. The molecule has 0 spiro atoms. The molecule has 0 aromatic heterocycles. The second kappa shape index (κ2) is 5.08. The summed E-state index contributed by atoms with van der Waals surface area (Å²) in [5, 5.41) is 11.9. The maximum Gasteiger partial charge on any atom is 0.126 e. The van der Waals surface area contributed by atoms with Gasteiger partial charge in [0.1, 0.15) is 5.82 Å². The number of aryl methyl sites for hydroxylation is 1. The summed E-state index contributed by atoms with van der Waals surface area (Å²) in [7, 11) is 0. The molecule has 1 rings (SSSR count). The Bertz CT molecular complexity index is 301.